The van der Waals surface area contributed by atoms with Gasteiger partial charge in [0.15, 0.2) is 23.0 Å². The Kier molecular flexibility index (Phi) is 6.19. The van der Waals surface area contributed by atoms with Crippen LogP contribution in [0.15, 0.2) is 60.7 Å². The predicted molar refractivity (Wildman–Crippen MR) is 186 cm³/mol. The zero-order valence-electron chi connectivity index (χ0n) is 28.3. The van der Waals surface area contributed by atoms with Crippen LogP contribution in [0, 0.1) is 11.8 Å². The Balaban J connectivity index is 0.866. The molecule has 4 unspecified atom stereocenters. The van der Waals surface area contributed by atoms with Gasteiger partial charge in [0.1, 0.15) is 34.2 Å². The third-order valence-corrected chi connectivity index (χ3v) is 14.7. The fraction of sp³-hybridized carbons (Fsp3) is 0.450. The first kappa shape index (κ1) is 30.6. The highest BCUT2D eigenvalue weighted by molar-refractivity contribution is 7.15. The van der Waals surface area contributed by atoms with Gasteiger partial charge in [0.25, 0.3) is 0 Å². The SMILES string of the molecule is CN1CC[C@]23c4c5ccc(OC(=O)c6ccc(C(=O)Oc7ccc8c9c7O[C@H]7C(O)C=CC%10[C@@H](C8)N(C)CC[C@@]9%107)s6)c4O[C@H]2C(O)C=CC3[C@H]1C5. The number of hydrogen-bond acceptors (Lipinski definition) is 11. The molecule has 0 saturated carbocycles. The summed E-state index contributed by atoms with van der Waals surface area (Å²) in [4.78, 5) is 32.5. The average molecular weight is 707 g/mol. The van der Waals surface area contributed by atoms with Crippen LogP contribution in [0.5, 0.6) is 23.0 Å². The van der Waals surface area contributed by atoms with E-state index in [1.165, 1.54) is 11.1 Å². The van der Waals surface area contributed by atoms with E-state index in [9.17, 15) is 19.8 Å². The molecule has 4 aliphatic heterocycles. The van der Waals surface area contributed by atoms with E-state index >= 15 is 0 Å². The number of carbonyl (C=O) groups is 2. The van der Waals surface area contributed by atoms with Crippen molar-refractivity contribution in [1.29, 1.82) is 0 Å². The number of rotatable bonds is 4. The molecule has 10 nitrogen and oxygen atoms in total. The molecule has 5 heterocycles. The molecule has 2 fully saturated rings. The first-order chi connectivity index (χ1) is 24.7. The number of carbonyl (C=O) groups excluding carboxylic acids is 2. The molecule has 3 aromatic rings. The molecule has 11 rings (SSSR count). The summed E-state index contributed by atoms with van der Waals surface area (Å²) in [6.45, 7) is 1.80. The smallest absolute Gasteiger partial charge is 0.353 e. The summed E-state index contributed by atoms with van der Waals surface area (Å²) in [7, 11) is 4.33. The second-order valence-electron chi connectivity index (χ2n) is 15.8. The van der Waals surface area contributed by atoms with Crippen LogP contribution in [-0.4, -0.2) is 95.6 Å². The monoisotopic (exact) mass is 706 g/mol. The number of piperidine rings is 2. The molecule has 2 N–H and O–H groups in total. The summed E-state index contributed by atoms with van der Waals surface area (Å²) < 4.78 is 25.0. The summed E-state index contributed by atoms with van der Waals surface area (Å²) in [5.41, 5.74) is 3.76. The lowest BCUT2D eigenvalue weighted by Gasteiger charge is -2.56. The number of hydrogen-bond donors (Lipinski definition) is 2. The number of ether oxygens (including phenoxy) is 4. The van der Waals surface area contributed by atoms with E-state index in [0.29, 0.717) is 35.1 Å². The molecule has 51 heavy (non-hydrogen) atoms. The highest BCUT2D eigenvalue weighted by atomic mass is 32.1. The molecule has 8 aliphatic rings. The van der Waals surface area contributed by atoms with E-state index < -0.39 is 36.4 Å². The zero-order chi connectivity index (χ0) is 34.6. The lowest BCUT2D eigenvalue weighted by Crippen LogP contribution is -2.64. The number of esters is 2. The Hall–Kier alpha value is -4.00. The lowest BCUT2D eigenvalue weighted by molar-refractivity contribution is -0.0453. The molecule has 0 amide bonds. The standard InChI is InChI=1S/C40H38N2O8S/c1-41-15-13-39-21-5-7-25(43)35(39)49-33-27(9-3-19(31(33)39)17-23(21)41)47-37(45)29-11-12-30(51-29)38(46)48-28-10-4-20-18-24-22-6-8-26(44)36-40(22,14-16-42(24)2)32(20)34(28)50-36/h3-12,21-26,35-36,43-44H,13-18H2,1-2H3/t21?,22?,23-,24-,25?,26?,35+,36+,39+,40+/m1/s1. The lowest BCUT2D eigenvalue weighted by atomic mass is 9.53. The Labute approximate surface area is 298 Å². The Morgan fingerprint density at radius 1 is 0.706 bits per heavy atom. The quantitative estimate of drug-likeness (QED) is 0.236. The zero-order valence-corrected chi connectivity index (χ0v) is 29.1. The number of likely N-dealkylation sites (tertiary alicyclic amines) is 2. The second-order valence-corrected chi connectivity index (χ2v) is 16.8. The van der Waals surface area contributed by atoms with Gasteiger partial charge in [-0.3, -0.25) is 0 Å². The maximum atomic E-state index is 13.6. The van der Waals surface area contributed by atoms with Gasteiger partial charge in [-0.25, -0.2) is 9.59 Å². The van der Waals surface area contributed by atoms with Gasteiger partial charge in [0.2, 0.25) is 0 Å². The molecule has 2 aromatic carbocycles. The van der Waals surface area contributed by atoms with Gasteiger partial charge >= 0.3 is 11.9 Å². The van der Waals surface area contributed by atoms with Crippen molar-refractivity contribution in [3.8, 4) is 23.0 Å². The van der Waals surface area contributed by atoms with Crippen molar-refractivity contribution < 1.29 is 38.7 Å². The maximum absolute atomic E-state index is 13.6. The Morgan fingerprint density at radius 2 is 1.16 bits per heavy atom. The van der Waals surface area contributed by atoms with Gasteiger partial charge in [-0.1, -0.05) is 36.4 Å². The van der Waals surface area contributed by atoms with Crippen molar-refractivity contribution in [3.63, 3.8) is 0 Å². The van der Waals surface area contributed by atoms with E-state index in [4.69, 9.17) is 18.9 Å². The molecule has 10 atom stereocenters. The summed E-state index contributed by atoms with van der Waals surface area (Å²) in [6.07, 6.45) is 9.05. The molecule has 1 aromatic heterocycles. The van der Waals surface area contributed by atoms with E-state index in [1.807, 2.05) is 24.3 Å². The molecular formula is C40H38N2O8S. The number of benzene rings is 2. The molecule has 11 heteroatoms. The van der Waals surface area contributed by atoms with Crippen molar-refractivity contribution in [1.82, 2.24) is 9.80 Å². The van der Waals surface area contributed by atoms with Crippen molar-refractivity contribution in [2.75, 3.05) is 27.2 Å². The fourth-order valence-electron chi connectivity index (χ4n) is 11.5. The fourth-order valence-corrected chi connectivity index (χ4v) is 12.2. The average Bonchev–Trinajstić information content (AvgIpc) is 3.85. The van der Waals surface area contributed by atoms with Gasteiger partial charge in [-0.15, -0.1) is 11.3 Å². The highest BCUT2D eigenvalue weighted by Gasteiger charge is 2.65. The second kappa shape index (κ2) is 10.3. The van der Waals surface area contributed by atoms with E-state index in [1.54, 1.807) is 24.3 Å². The number of aliphatic hydroxyl groups is 2. The Bertz CT molecular complexity index is 1980. The summed E-state index contributed by atoms with van der Waals surface area (Å²) in [5.74, 6) is 0.948. The summed E-state index contributed by atoms with van der Waals surface area (Å²) in [6, 6.07) is 11.4. The van der Waals surface area contributed by atoms with Crippen molar-refractivity contribution in [3.05, 3.63) is 92.7 Å². The van der Waals surface area contributed by atoms with Gasteiger partial charge in [-0.2, -0.15) is 0 Å². The molecule has 0 radical (unpaired) electrons. The van der Waals surface area contributed by atoms with Crippen molar-refractivity contribution in [2.24, 2.45) is 11.8 Å². The van der Waals surface area contributed by atoms with Crippen LogP contribution in [0.1, 0.15) is 54.4 Å². The molecule has 4 bridgehead atoms. The normalized spacial score (nSPS) is 37.3. The van der Waals surface area contributed by atoms with Crippen LogP contribution in [0.25, 0.3) is 0 Å². The summed E-state index contributed by atoms with van der Waals surface area (Å²) >= 11 is 1.01. The molecule has 2 saturated heterocycles. The largest absolute Gasteiger partial charge is 0.482 e. The highest BCUT2D eigenvalue weighted by Crippen LogP contribution is 2.64. The number of likely N-dealkylation sites (N-methyl/N-ethyl adjacent to an activating group) is 2. The third kappa shape index (κ3) is 3.80. The topological polar surface area (TPSA) is 118 Å². The number of nitrogens with zero attached hydrogens (tertiary/aromatic N) is 2. The third-order valence-electron chi connectivity index (χ3n) is 13.7. The summed E-state index contributed by atoms with van der Waals surface area (Å²) in [5, 5.41) is 22.1. The van der Waals surface area contributed by atoms with Crippen LogP contribution in [0.2, 0.25) is 0 Å². The minimum Gasteiger partial charge on any atom is -0.482 e. The minimum absolute atomic E-state index is 0.203. The minimum atomic E-state index is -0.753. The maximum Gasteiger partial charge on any atom is 0.353 e. The first-order valence-electron chi connectivity index (χ1n) is 18.0. The van der Waals surface area contributed by atoms with Crippen molar-refractivity contribution >= 4 is 23.3 Å². The molecular weight excluding hydrogens is 669 g/mol. The van der Waals surface area contributed by atoms with Gasteiger partial charge < -0.3 is 39.0 Å². The predicted octanol–water partition coefficient (Wildman–Crippen LogP) is 3.80. The van der Waals surface area contributed by atoms with Crippen LogP contribution < -0.4 is 18.9 Å². The van der Waals surface area contributed by atoms with Crippen molar-refractivity contribution in [2.45, 2.75) is 73.0 Å². The molecule has 4 aliphatic carbocycles. The van der Waals surface area contributed by atoms with Crippen LogP contribution >= 0.6 is 11.3 Å². The van der Waals surface area contributed by atoms with E-state index in [2.05, 4.69) is 36.0 Å². The first-order valence-corrected chi connectivity index (χ1v) is 18.8. The number of thiophene rings is 1. The van der Waals surface area contributed by atoms with Gasteiger partial charge in [-0.05, 0) is 88.3 Å². The Morgan fingerprint density at radius 3 is 1.61 bits per heavy atom. The van der Waals surface area contributed by atoms with E-state index in [0.717, 1.165) is 61.2 Å². The van der Waals surface area contributed by atoms with Crippen LogP contribution in [0.4, 0.5) is 0 Å². The van der Waals surface area contributed by atoms with E-state index in [-0.39, 0.29) is 32.4 Å². The number of aliphatic hydroxyl groups excluding tert-OH is 2. The van der Waals surface area contributed by atoms with Gasteiger partial charge in [0.05, 0.1) is 0 Å². The van der Waals surface area contributed by atoms with Gasteiger partial charge in [0, 0.05) is 45.9 Å². The van der Waals surface area contributed by atoms with Crippen LogP contribution in [-0.2, 0) is 23.7 Å². The molecule has 262 valence electrons. The molecule has 2 spiro atoms. The van der Waals surface area contributed by atoms with Crippen LogP contribution in [0.3, 0.4) is 0 Å².